The topological polar surface area (TPSA) is 158 Å². The van der Waals surface area contributed by atoms with E-state index in [9.17, 15) is 19.6 Å². The van der Waals surface area contributed by atoms with Crippen LogP contribution in [0.4, 0.5) is 0 Å². The molecule has 0 aliphatic heterocycles. The number of carbonyl (C=O) groups excluding carboxylic acids is 2. The van der Waals surface area contributed by atoms with Crippen LogP contribution in [-0.2, 0) is 16.0 Å². The van der Waals surface area contributed by atoms with Crippen LogP contribution in [0.1, 0.15) is 38.7 Å². The first-order valence-electron chi connectivity index (χ1n) is 10.7. The number of nitrogens with one attached hydrogen (secondary N) is 3. The number of guanidine groups is 1. The average molecular weight is 449 g/mol. The SMILES string of the molecule is CN=C(N)NCCC[C@H](NC(=O)Cc1ccc(OC)cc1)C(=O)N[C@@H](CC(C)C)B(O)O. The van der Waals surface area contributed by atoms with Gasteiger partial charge in [0.2, 0.25) is 11.8 Å². The molecule has 1 aromatic carbocycles. The summed E-state index contributed by atoms with van der Waals surface area (Å²) in [5.41, 5.74) is 6.39. The molecular formula is C21H36BN5O5. The molecule has 178 valence electrons. The fourth-order valence-corrected chi connectivity index (χ4v) is 3.09. The Hall–Kier alpha value is -2.79. The number of nitrogens with zero attached hydrogens (tertiary/aromatic N) is 1. The van der Waals surface area contributed by atoms with Crippen molar-refractivity contribution in [3.8, 4) is 5.75 Å². The quantitative estimate of drug-likeness (QED) is 0.103. The van der Waals surface area contributed by atoms with Gasteiger partial charge in [-0.3, -0.25) is 14.6 Å². The summed E-state index contributed by atoms with van der Waals surface area (Å²) in [4.78, 5) is 29.3. The zero-order valence-corrected chi connectivity index (χ0v) is 19.3. The molecule has 0 aliphatic carbocycles. The molecule has 0 unspecified atom stereocenters. The van der Waals surface area contributed by atoms with Crippen LogP contribution in [0.3, 0.4) is 0 Å². The molecule has 0 saturated heterocycles. The van der Waals surface area contributed by atoms with Crippen LogP contribution in [0.25, 0.3) is 0 Å². The van der Waals surface area contributed by atoms with Gasteiger partial charge < -0.3 is 36.5 Å². The summed E-state index contributed by atoms with van der Waals surface area (Å²) in [6.45, 7) is 4.31. The maximum absolute atomic E-state index is 12.9. The second kappa shape index (κ2) is 14.3. The summed E-state index contributed by atoms with van der Waals surface area (Å²) >= 11 is 0. The van der Waals surface area contributed by atoms with E-state index in [1.54, 1.807) is 38.4 Å². The van der Waals surface area contributed by atoms with Crippen molar-refractivity contribution in [2.75, 3.05) is 20.7 Å². The molecule has 11 heteroatoms. The zero-order chi connectivity index (χ0) is 24.1. The highest BCUT2D eigenvalue weighted by Crippen LogP contribution is 2.12. The maximum atomic E-state index is 12.9. The van der Waals surface area contributed by atoms with Gasteiger partial charge in [0.25, 0.3) is 0 Å². The third-order valence-electron chi connectivity index (χ3n) is 4.80. The lowest BCUT2D eigenvalue weighted by Crippen LogP contribution is -2.54. The Kier molecular flexibility index (Phi) is 12.2. The van der Waals surface area contributed by atoms with Gasteiger partial charge in [0.05, 0.1) is 19.5 Å². The first-order chi connectivity index (χ1) is 15.2. The van der Waals surface area contributed by atoms with Gasteiger partial charge in [-0.1, -0.05) is 26.0 Å². The van der Waals surface area contributed by atoms with Crippen molar-refractivity contribution in [3.05, 3.63) is 29.8 Å². The second-order valence-corrected chi connectivity index (χ2v) is 7.98. The molecule has 0 aromatic heterocycles. The van der Waals surface area contributed by atoms with Gasteiger partial charge in [0, 0.05) is 13.6 Å². The summed E-state index contributed by atoms with van der Waals surface area (Å²) in [7, 11) is 1.43. The summed E-state index contributed by atoms with van der Waals surface area (Å²) < 4.78 is 5.12. The Morgan fingerprint density at radius 2 is 1.84 bits per heavy atom. The van der Waals surface area contributed by atoms with E-state index < -0.39 is 25.0 Å². The lowest BCUT2D eigenvalue weighted by Gasteiger charge is -2.24. The minimum atomic E-state index is -1.70. The van der Waals surface area contributed by atoms with Crippen LogP contribution < -0.4 is 26.4 Å². The lowest BCUT2D eigenvalue weighted by atomic mass is 9.75. The van der Waals surface area contributed by atoms with E-state index in [0.29, 0.717) is 31.6 Å². The predicted octanol–water partition coefficient (Wildman–Crippen LogP) is -0.420. The van der Waals surface area contributed by atoms with Crippen molar-refractivity contribution in [1.29, 1.82) is 0 Å². The number of methoxy groups -OCH3 is 1. The van der Waals surface area contributed by atoms with Crippen LogP contribution in [0.15, 0.2) is 29.3 Å². The number of benzene rings is 1. The standard InChI is InChI=1S/C21H36BN5O5/c1-14(2)12-18(22(30)31)27-20(29)17(6-5-11-25-21(23)24-3)26-19(28)13-15-7-9-16(32-4)10-8-15/h7-10,14,17-18,30-31H,5-6,11-13H2,1-4H3,(H,26,28)(H,27,29)(H3,23,24,25)/t17-,18-/m0/s1. The Morgan fingerprint density at radius 1 is 1.19 bits per heavy atom. The van der Waals surface area contributed by atoms with E-state index >= 15 is 0 Å². The first-order valence-corrected chi connectivity index (χ1v) is 10.7. The molecule has 0 heterocycles. The van der Waals surface area contributed by atoms with Gasteiger partial charge >= 0.3 is 7.12 Å². The van der Waals surface area contributed by atoms with Gasteiger partial charge in [0.15, 0.2) is 5.96 Å². The summed E-state index contributed by atoms with van der Waals surface area (Å²) in [5.74, 6) is -0.496. The molecule has 0 radical (unpaired) electrons. The predicted molar refractivity (Wildman–Crippen MR) is 125 cm³/mol. The van der Waals surface area contributed by atoms with E-state index in [4.69, 9.17) is 10.5 Å². The lowest BCUT2D eigenvalue weighted by molar-refractivity contribution is -0.129. The molecule has 0 saturated carbocycles. The van der Waals surface area contributed by atoms with E-state index in [-0.39, 0.29) is 24.2 Å². The Morgan fingerprint density at radius 3 is 2.38 bits per heavy atom. The Labute approximate surface area is 190 Å². The molecule has 1 aromatic rings. The van der Waals surface area contributed by atoms with Gasteiger partial charge in [-0.2, -0.15) is 0 Å². The molecule has 0 aliphatic rings. The molecule has 7 N–H and O–H groups in total. The minimum absolute atomic E-state index is 0.0967. The molecule has 2 amide bonds. The van der Waals surface area contributed by atoms with Crippen molar-refractivity contribution in [2.45, 2.75) is 51.5 Å². The number of aliphatic imine (C=N–C) groups is 1. The minimum Gasteiger partial charge on any atom is -0.497 e. The highest BCUT2D eigenvalue weighted by atomic mass is 16.5. The van der Waals surface area contributed by atoms with Gasteiger partial charge in [-0.25, -0.2) is 0 Å². The molecule has 0 fully saturated rings. The van der Waals surface area contributed by atoms with Crippen LogP contribution in [-0.4, -0.2) is 67.6 Å². The second-order valence-electron chi connectivity index (χ2n) is 7.98. The Balaban J connectivity index is 2.80. The molecule has 1 rings (SSSR count). The number of hydrogen-bond acceptors (Lipinski definition) is 6. The van der Waals surface area contributed by atoms with Crippen molar-refractivity contribution in [3.63, 3.8) is 0 Å². The number of amides is 2. The van der Waals surface area contributed by atoms with Crippen molar-refractivity contribution in [1.82, 2.24) is 16.0 Å². The van der Waals surface area contributed by atoms with Crippen LogP contribution >= 0.6 is 0 Å². The van der Waals surface area contributed by atoms with Crippen LogP contribution in [0, 0.1) is 5.92 Å². The zero-order valence-electron chi connectivity index (χ0n) is 19.3. The van der Waals surface area contributed by atoms with E-state index in [1.165, 1.54) is 0 Å². The normalized spacial score (nSPS) is 13.3. The third-order valence-corrected chi connectivity index (χ3v) is 4.80. The van der Waals surface area contributed by atoms with Gasteiger partial charge in [-0.15, -0.1) is 0 Å². The fourth-order valence-electron chi connectivity index (χ4n) is 3.09. The van der Waals surface area contributed by atoms with Crippen LogP contribution in [0.2, 0.25) is 0 Å². The van der Waals surface area contributed by atoms with E-state index in [2.05, 4.69) is 20.9 Å². The summed E-state index contributed by atoms with van der Waals surface area (Å²) in [5, 5.41) is 27.6. The summed E-state index contributed by atoms with van der Waals surface area (Å²) in [6.07, 6.45) is 1.36. The largest absolute Gasteiger partial charge is 0.497 e. The molecular weight excluding hydrogens is 413 g/mol. The van der Waals surface area contributed by atoms with Crippen molar-refractivity contribution < 1.29 is 24.4 Å². The third kappa shape index (κ3) is 10.5. The van der Waals surface area contributed by atoms with E-state index in [1.807, 2.05) is 13.8 Å². The first kappa shape index (κ1) is 27.2. The Bertz CT molecular complexity index is 743. The molecule has 0 bridgehead atoms. The number of rotatable bonds is 13. The maximum Gasteiger partial charge on any atom is 0.475 e. The highest BCUT2D eigenvalue weighted by molar-refractivity contribution is 6.43. The monoisotopic (exact) mass is 449 g/mol. The number of hydrogen-bond donors (Lipinski definition) is 6. The molecule has 0 spiro atoms. The molecule has 2 atom stereocenters. The number of nitrogens with two attached hydrogens (primary N) is 1. The average Bonchev–Trinajstić information content (AvgIpc) is 2.75. The molecule has 10 nitrogen and oxygen atoms in total. The van der Waals surface area contributed by atoms with Gasteiger partial charge in [0.1, 0.15) is 11.8 Å². The van der Waals surface area contributed by atoms with Crippen molar-refractivity contribution in [2.24, 2.45) is 16.6 Å². The highest BCUT2D eigenvalue weighted by Gasteiger charge is 2.29. The summed E-state index contributed by atoms with van der Waals surface area (Å²) in [6, 6.07) is 6.25. The van der Waals surface area contributed by atoms with Gasteiger partial charge in [-0.05, 0) is 42.9 Å². The van der Waals surface area contributed by atoms with E-state index in [0.717, 1.165) is 5.56 Å². The smallest absolute Gasteiger partial charge is 0.475 e. The number of ether oxygens (including phenoxy) is 1. The molecule has 32 heavy (non-hydrogen) atoms. The van der Waals surface area contributed by atoms with Crippen molar-refractivity contribution >= 4 is 24.9 Å². The fraction of sp³-hybridized carbons (Fsp3) is 0.571. The number of carbonyl (C=O) groups is 2. The van der Waals surface area contributed by atoms with Crippen LogP contribution in [0.5, 0.6) is 5.75 Å².